The molecule has 0 nitrogen and oxygen atoms in total. The second-order valence-electron chi connectivity index (χ2n) is 11.4. The summed E-state index contributed by atoms with van der Waals surface area (Å²) in [6.07, 6.45) is 0.656. The van der Waals surface area contributed by atoms with Gasteiger partial charge in [-0.1, -0.05) is 38.1 Å². The zero-order valence-electron chi connectivity index (χ0n) is 20.5. The molecule has 1 fully saturated rings. The first-order valence-corrected chi connectivity index (χ1v) is 11.9. The minimum absolute atomic E-state index is 0.0278. The summed E-state index contributed by atoms with van der Waals surface area (Å²) >= 11 is 0. The Morgan fingerprint density at radius 2 is 0.829 bits per heavy atom. The Morgan fingerprint density at radius 1 is 0.514 bits per heavy atom. The molecule has 2 unspecified atom stereocenters. The molecule has 0 aliphatic heterocycles. The molecule has 2 aromatic rings. The normalized spacial score (nSPS) is 30.7. The molecule has 0 saturated heterocycles. The summed E-state index contributed by atoms with van der Waals surface area (Å²) in [5.74, 6) is -15.5. The predicted octanol–water partition coefficient (Wildman–Crippen LogP) is 8.19. The van der Waals surface area contributed by atoms with Crippen molar-refractivity contribution in [2.75, 3.05) is 0 Å². The van der Waals surface area contributed by atoms with Gasteiger partial charge in [-0.05, 0) is 96.2 Å². The van der Waals surface area contributed by atoms with Crippen molar-refractivity contribution in [3.63, 3.8) is 0 Å². The topological polar surface area (TPSA) is 0 Å². The van der Waals surface area contributed by atoms with Gasteiger partial charge in [0.1, 0.15) is 0 Å². The molecule has 0 N–H and O–H groups in total. The first-order chi connectivity index (χ1) is 16.0. The van der Waals surface area contributed by atoms with Crippen molar-refractivity contribution in [1.82, 2.24) is 0 Å². The number of allylic oxidation sites excluding steroid dienone is 4. The average molecular weight is 489 g/mol. The first kappa shape index (κ1) is 22.9. The fourth-order valence-corrected chi connectivity index (χ4v) is 7.20. The van der Waals surface area contributed by atoms with E-state index in [1.807, 2.05) is 39.8 Å². The summed E-state index contributed by atoms with van der Waals surface area (Å²) in [7, 11) is 0. The molecule has 0 radical (unpaired) electrons. The maximum atomic E-state index is 15.6. The Labute approximate surface area is 200 Å². The van der Waals surface area contributed by atoms with E-state index in [0.717, 1.165) is 33.4 Å². The molecule has 35 heavy (non-hydrogen) atoms. The third kappa shape index (κ3) is 2.25. The number of hydrogen-bond acceptors (Lipinski definition) is 0. The molecule has 184 valence electrons. The van der Waals surface area contributed by atoms with E-state index >= 15 is 26.3 Å². The van der Waals surface area contributed by atoms with Gasteiger partial charge in [0, 0.05) is 22.0 Å². The van der Waals surface area contributed by atoms with Crippen LogP contribution in [0.1, 0.15) is 58.4 Å². The lowest BCUT2D eigenvalue weighted by atomic mass is 9.54. The van der Waals surface area contributed by atoms with Crippen molar-refractivity contribution >= 4 is 11.1 Å². The molecule has 6 heteroatoms. The lowest BCUT2D eigenvalue weighted by molar-refractivity contribution is -0.257. The molecule has 2 aromatic carbocycles. The highest BCUT2D eigenvalue weighted by atomic mass is 19.3. The maximum absolute atomic E-state index is 15.6. The van der Waals surface area contributed by atoms with E-state index in [1.54, 1.807) is 26.0 Å². The number of aryl methyl sites for hydroxylation is 4. The molecule has 2 atom stereocenters. The van der Waals surface area contributed by atoms with Gasteiger partial charge in [-0.2, -0.15) is 26.3 Å². The van der Waals surface area contributed by atoms with Crippen molar-refractivity contribution in [1.29, 1.82) is 0 Å². The van der Waals surface area contributed by atoms with Gasteiger partial charge >= 0.3 is 17.8 Å². The number of alkyl halides is 6. The third-order valence-corrected chi connectivity index (χ3v) is 9.55. The number of hydrogen-bond donors (Lipinski definition) is 0. The van der Waals surface area contributed by atoms with Gasteiger partial charge in [-0.25, -0.2) is 0 Å². The molecule has 0 bridgehead atoms. The van der Waals surface area contributed by atoms with Crippen molar-refractivity contribution in [2.45, 2.75) is 72.2 Å². The van der Waals surface area contributed by atoms with Crippen LogP contribution < -0.4 is 0 Å². The van der Waals surface area contributed by atoms with Crippen LogP contribution in [0.3, 0.4) is 0 Å². The van der Waals surface area contributed by atoms with Crippen LogP contribution in [0.5, 0.6) is 0 Å². The van der Waals surface area contributed by atoms with Crippen LogP contribution in [0.25, 0.3) is 11.1 Å². The summed E-state index contributed by atoms with van der Waals surface area (Å²) in [6.45, 7) is 11.0. The standard InChI is InChI=1S/C29H26F6/c1-13-7-17-11-25(5)21(19(17)9-15(13)3)23-24(28(32,33)29(34,35)27(23,30)31)22-20-10-16(4)14(2)8-18(20)12-26(22,25)6/h7-10H,11-12H2,1-6H3. The molecular formula is C29H26F6. The molecular weight excluding hydrogens is 462 g/mol. The van der Waals surface area contributed by atoms with Crippen molar-refractivity contribution in [2.24, 2.45) is 10.8 Å². The largest absolute Gasteiger partial charge is 0.380 e. The fraction of sp³-hybridized carbons (Fsp3) is 0.448. The van der Waals surface area contributed by atoms with Gasteiger partial charge in [-0.15, -0.1) is 0 Å². The Balaban J connectivity index is 1.84. The highest BCUT2D eigenvalue weighted by molar-refractivity contribution is 5.99. The Bertz CT molecular complexity index is 1330. The van der Waals surface area contributed by atoms with Crippen LogP contribution >= 0.6 is 0 Å². The summed E-state index contributed by atoms with van der Waals surface area (Å²) in [5.41, 5.74) is 1.34. The molecule has 6 rings (SSSR count). The third-order valence-electron chi connectivity index (χ3n) is 9.55. The number of fused-ring (bicyclic) bond motifs is 8. The molecule has 4 aliphatic rings. The predicted molar refractivity (Wildman–Crippen MR) is 124 cm³/mol. The monoisotopic (exact) mass is 488 g/mol. The molecule has 4 aliphatic carbocycles. The quantitative estimate of drug-likeness (QED) is 0.328. The van der Waals surface area contributed by atoms with Gasteiger partial charge in [-0.3, -0.25) is 0 Å². The lowest BCUT2D eigenvalue weighted by Gasteiger charge is -2.49. The van der Waals surface area contributed by atoms with Crippen molar-refractivity contribution in [3.05, 3.63) is 79.9 Å². The van der Waals surface area contributed by atoms with Crippen molar-refractivity contribution in [3.8, 4) is 0 Å². The van der Waals surface area contributed by atoms with Gasteiger partial charge in [0.25, 0.3) is 0 Å². The van der Waals surface area contributed by atoms with E-state index in [4.69, 9.17) is 0 Å². The average Bonchev–Trinajstić information content (AvgIpc) is 3.22. The summed E-state index contributed by atoms with van der Waals surface area (Å²) in [6, 6.07) is 7.21. The molecule has 1 saturated carbocycles. The zero-order valence-corrected chi connectivity index (χ0v) is 20.5. The first-order valence-electron chi connectivity index (χ1n) is 11.9. The second kappa shape index (κ2) is 6.07. The summed E-state index contributed by atoms with van der Waals surface area (Å²) in [4.78, 5) is 0. The smallest absolute Gasteiger partial charge is 0.194 e. The van der Waals surface area contributed by atoms with Gasteiger partial charge in [0.15, 0.2) is 0 Å². The van der Waals surface area contributed by atoms with Gasteiger partial charge < -0.3 is 0 Å². The highest BCUT2D eigenvalue weighted by Gasteiger charge is 2.84. The SMILES string of the molecule is Cc1cc2c(cc1C)C1=C3C(=C4c5cc(C)c(C)cc5CC4(C)C1(C)C2)C(F)(F)C(F)(F)C3(F)F. The van der Waals surface area contributed by atoms with Crippen LogP contribution in [0.4, 0.5) is 26.3 Å². The van der Waals surface area contributed by atoms with E-state index in [9.17, 15) is 0 Å². The number of rotatable bonds is 0. The van der Waals surface area contributed by atoms with E-state index in [-0.39, 0.29) is 11.1 Å². The van der Waals surface area contributed by atoms with E-state index < -0.39 is 39.7 Å². The Kier molecular flexibility index (Phi) is 3.97. The molecule has 0 spiro atoms. The second-order valence-corrected chi connectivity index (χ2v) is 11.4. The highest BCUT2D eigenvalue weighted by Crippen LogP contribution is 2.76. The van der Waals surface area contributed by atoms with Gasteiger partial charge in [0.05, 0.1) is 0 Å². The van der Waals surface area contributed by atoms with E-state index in [0.29, 0.717) is 24.0 Å². The van der Waals surface area contributed by atoms with Crippen LogP contribution in [0.2, 0.25) is 0 Å². The lowest BCUT2D eigenvalue weighted by Crippen LogP contribution is -2.47. The van der Waals surface area contributed by atoms with Crippen LogP contribution in [0, 0.1) is 38.5 Å². The molecule has 0 heterocycles. The van der Waals surface area contributed by atoms with Gasteiger partial charge in [0.2, 0.25) is 0 Å². The number of halogens is 6. The molecule has 0 amide bonds. The van der Waals surface area contributed by atoms with E-state index in [1.165, 1.54) is 0 Å². The summed E-state index contributed by atoms with van der Waals surface area (Å²) in [5, 5.41) is 0. The minimum Gasteiger partial charge on any atom is -0.194 e. The van der Waals surface area contributed by atoms with Crippen LogP contribution in [-0.4, -0.2) is 17.8 Å². The van der Waals surface area contributed by atoms with Crippen LogP contribution in [0.15, 0.2) is 35.4 Å². The Hall–Kier alpha value is -2.50. The maximum Gasteiger partial charge on any atom is 0.380 e. The number of benzene rings is 2. The zero-order chi connectivity index (χ0) is 25.7. The Morgan fingerprint density at radius 3 is 1.17 bits per heavy atom. The van der Waals surface area contributed by atoms with E-state index in [2.05, 4.69) is 0 Å². The fourth-order valence-electron chi connectivity index (χ4n) is 7.20. The van der Waals surface area contributed by atoms with Crippen molar-refractivity contribution < 1.29 is 26.3 Å². The molecule has 0 aromatic heterocycles. The summed E-state index contributed by atoms with van der Waals surface area (Å²) < 4.78 is 92.5. The van der Waals surface area contributed by atoms with Crippen LogP contribution in [-0.2, 0) is 12.8 Å². The minimum atomic E-state index is -5.53.